The fourth-order valence-electron chi connectivity index (χ4n) is 3.02. The normalized spacial score (nSPS) is 13.6. The van der Waals surface area contributed by atoms with Crippen LogP contribution in [0.2, 0.25) is 0 Å². The van der Waals surface area contributed by atoms with Crippen LogP contribution in [0.15, 0.2) is 24.3 Å². The highest BCUT2D eigenvalue weighted by Gasteiger charge is 2.16. The molecule has 1 aliphatic rings. The van der Waals surface area contributed by atoms with Crippen LogP contribution in [0.5, 0.6) is 11.5 Å². The highest BCUT2D eigenvalue weighted by Crippen LogP contribution is 2.27. The van der Waals surface area contributed by atoms with E-state index in [2.05, 4.69) is 20.2 Å². The number of hydrogen-bond donors (Lipinski definition) is 1. The average molecular weight is 356 g/mol. The maximum absolute atomic E-state index is 12.5. The maximum atomic E-state index is 12.5. The first kappa shape index (κ1) is 18.0. The van der Waals surface area contributed by atoms with Gasteiger partial charge in [-0.05, 0) is 44.0 Å². The molecule has 0 aliphatic carbocycles. The molecule has 26 heavy (non-hydrogen) atoms. The average Bonchev–Trinajstić information content (AvgIpc) is 3.20. The number of amides is 1. The monoisotopic (exact) mass is 356 g/mol. The number of aromatic nitrogens is 2. The van der Waals surface area contributed by atoms with E-state index in [1.165, 1.54) is 12.8 Å². The van der Waals surface area contributed by atoms with Gasteiger partial charge in [0.2, 0.25) is 5.95 Å². The van der Waals surface area contributed by atoms with E-state index in [4.69, 9.17) is 9.47 Å². The number of carbonyl (C=O) groups excluding carboxylic acids is 1. The number of anilines is 1. The van der Waals surface area contributed by atoms with Gasteiger partial charge in [0.1, 0.15) is 0 Å². The lowest BCUT2D eigenvalue weighted by Crippen LogP contribution is -2.25. The first-order valence-corrected chi connectivity index (χ1v) is 8.70. The van der Waals surface area contributed by atoms with Gasteiger partial charge in [0.05, 0.1) is 26.5 Å². The molecule has 0 spiro atoms. The molecule has 7 heteroatoms. The van der Waals surface area contributed by atoms with Gasteiger partial charge in [0.25, 0.3) is 5.91 Å². The Balaban J connectivity index is 1.69. The summed E-state index contributed by atoms with van der Waals surface area (Å²) in [5, 5.41) is 2.90. The highest BCUT2D eigenvalue weighted by molar-refractivity contribution is 5.94. The first-order chi connectivity index (χ1) is 12.6. The van der Waals surface area contributed by atoms with E-state index in [1.54, 1.807) is 32.4 Å². The van der Waals surface area contributed by atoms with Gasteiger partial charge in [-0.15, -0.1) is 0 Å². The van der Waals surface area contributed by atoms with Crippen LogP contribution >= 0.6 is 0 Å². The molecular weight excluding hydrogens is 332 g/mol. The SMILES string of the molecule is COc1ccc(C(=O)NCc2cc(C)nc(N3CCCC3)n2)cc1OC. The summed E-state index contributed by atoms with van der Waals surface area (Å²) in [6.07, 6.45) is 2.34. The third-order valence-electron chi connectivity index (χ3n) is 4.36. The second-order valence-corrected chi connectivity index (χ2v) is 6.25. The summed E-state index contributed by atoms with van der Waals surface area (Å²) in [5.74, 6) is 1.67. The molecule has 1 aromatic heterocycles. The summed E-state index contributed by atoms with van der Waals surface area (Å²) in [6, 6.07) is 6.98. The number of hydrogen-bond acceptors (Lipinski definition) is 6. The summed E-state index contributed by atoms with van der Waals surface area (Å²) in [4.78, 5) is 23.8. The van der Waals surface area contributed by atoms with Crippen LogP contribution in [0.3, 0.4) is 0 Å². The van der Waals surface area contributed by atoms with Gasteiger partial charge in [-0.25, -0.2) is 9.97 Å². The molecule has 0 radical (unpaired) electrons. The van der Waals surface area contributed by atoms with Gasteiger partial charge in [-0.2, -0.15) is 0 Å². The minimum Gasteiger partial charge on any atom is -0.493 e. The second kappa shape index (κ2) is 8.03. The Bertz CT molecular complexity index is 788. The predicted octanol–water partition coefficient (Wildman–Crippen LogP) is 2.33. The number of aryl methyl sites for hydroxylation is 1. The summed E-state index contributed by atoms with van der Waals surface area (Å²) in [6.45, 7) is 4.26. The topological polar surface area (TPSA) is 76.6 Å². The van der Waals surface area contributed by atoms with E-state index in [-0.39, 0.29) is 5.91 Å². The van der Waals surface area contributed by atoms with Crippen LogP contribution in [-0.2, 0) is 6.54 Å². The molecule has 1 fully saturated rings. The smallest absolute Gasteiger partial charge is 0.251 e. The Kier molecular flexibility index (Phi) is 5.55. The minimum atomic E-state index is -0.190. The zero-order valence-electron chi connectivity index (χ0n) is 15.4. The summed E-state index contributed by atoms with van der Waals surface area (Å²) < 4.78 is 10.4. The standard InChI is InChI=1S/C19H24N4O3/c1-13-10-15(22-19(21-13)23-8-4-5-9-23)12-20-18(24)14-6-7-16(25-2)17(11-14)26-3/h6-7,10-11H,4-5,8-9,12H2,1-3H3,(H,20,24). The van der Waals surface area contributed by atoms with Crippen molar-refractivity contribution in [2.75, 3.05) is 32.2 Å². The summed E-state index contributed by atoms with van der Waals surface area (Å²) >= 11 is 0. The third-order valence-corrected chi connectivity index (χ3v) is 4.36. The largest absolute Gasteiger partial charge is 0.493 e. The van der Waals surface area contributed by atoms with Crippen molar-refractivity contribution in [3.05, 3.63) is 41.2 Å². The van der Waals surface area contributed by atoms with E-state index in [0.29, 0.717) is 23.6 Å². The van der Waals surface area contributed by atoms with Crippen molar-refractivity contribution in [1.82, 2.24) is 15.3 Å². The van der Waals surface area contributed by atoms with Crippen molar-refractivity contribution < 1.29 is 14.3 Å². The van der Waals surface area contributed by atoms with E-state index in [9.17, 15) is 4.79 Å². The number of rotatable bonds is 6. The number of carbonyl (C=O) groups is 1. The molecular formula is C19H24N4O3. The predicted molar refractivity (Wildman–Crippen MR) is 98.9 cm³/mol. The Labute approximate surface area is 153 Å². The minimum absolute atomic E-state index is 0.190. The van der Waals surface area contributed by atoms with Crippen LogP contribution in [0, 0.1) is 6.92 Å². The van der Waals surface area contributed by atoms with Crippen molar-refractivity contribution in [1.29, 1.82) is 0 Å². The van der Waals surface area contributed by atoms with Crippen molar-refractivity contribution >= 4 is 11.9 Å². The van der Waals surface area contributed by atoms with Gasteiger partial charge in [-0.1, -0.05) is 0 Å². The Hall–Kier alpha value is -2.83. The van der Waals surface area contributed by atoms with Gasteiger partial charge in [-0.3, -0.25) is 4.79 Å². The van der Waals surface area contributed by atoms with Crippen molar-refractivity contribution in [3.63, 3.8) is 0 Å². The highest BCUT2D eigenvalue weighted by atomic mass is 16.5. The van der Waals surface area contributed by atoms with Crippen LogP contribution in [-0.4, -0.2) is 43.2 Å². The molecule has 2 heterocycles. The van der Waals surface area contributed by atoms with Gasteiger partial charge >= 0.3 is 0 Å². The number of ether oxygens (including phenoxy) is 2. The number of nitrogens with zero attached hydrogens (tertiary/aromatic N) is 3. The quantitative estimate of drug-likeness (QED) is 0.856. The van der Waals surface area contributed by atoms with E-state index in [1.807, 2.05) is 13.0 Å². The van der Waals surface area contributed by atoms with Crippen LogP contribution in [0.4, 0.5) is 5.95 Å². The fraction of sp³-hybridized carbons (Fsp3) is 0.421. The molecule has 1 aliphatic heterocycles. The lowest BCUT2D eigenvalue weighted by Gasteiger charge is -2.16. The second-order valence-electron chi connectivity index (χ2n) is 6.25. The molecule has 138 valence electrons. The van der Waals surface area contributed by atoms with Gasteiger partial charge in [0, 0.05) is 24.3 Å². The summed E-state index contributed by atoms with van der Waals surface area (Å²) in [5.41, 5.74) is 2.21. The molecule has 7 nitrogen and oxygen atoms in total. The Morgan fingerprint density at radius 3 is 2.54 bits per heavy atom. The van der Waals surface area contributed by atoms with E-state index >= 15 is 0 Å². The fourth-order valence-corrected chi connectivity index (χ4v) is 3.02. The Morgan fingerprint density at radius 2 is 1.85 bits per heavy atom. The molecule has 1 aromatic carbocycles. The maximum Gasteiger partial charge on any atom is 0.251 e. The molecule has 1 saturated heterocycles. The molecule has 0 atom stereocenters. The first-order valence-electron chi connectivity index (χ1n) is 8.70. The number of nitrogens with one attached hydrogen (secondary N) is 1. The van der Waals surface area contributed by atoms with E-state index < -0.39 is 0 Å². The van der Waals surface area contributed by atoms with Gasteiger partial charge in [0.15, 0.2) is 11.5 Å². The van der Waals surface area contributed by atoms with Gasteiger partial charge < -0.3 is 19.7 Å². The molecule has 1 amide bonds. The van der Waals surface area contributed by atoms with Crippen LogP contribution in [0.1, 0.15) is 34.6 Å². The molecule has 0 bridgehead atoms. The zero-order valence-corrected chi connectivity index (χ0v) is 15.4. The number of benzene rings is 1. The molecule has 1 N–H and O–H groups in total. The van der Waals surface area contributed by atoms with Crippen molar-refractivity contribution in [2.45, 2.75) is 26.3 Å². The third kappa shape index (κ3) is 4.04. The van der Waals surface area contributed by atoms with E-state index in [0.717, 1.165) is 30.4 Å². The van der Waals surface area contributed by atoms with Crippen LogP contribution < -0.4 is 19.7 Å². The van der Waals surface area contributed by atoms with Crippen molar-refractivity contribution in [3.8, 4) is 11.5 Å². The molecule has 0 saturated carbocycles. The molecule has 0 unspecified atom stereocenters. The summed E-state index contributed by atoms with van der Waals surface area (Å²) in [7, 11) is 3.11. The lowest BCUT2D eigenvalue weighted by atomic mass is 10.2. The molecule has 3 rings (SSSR count). The zero-order chi connectivity index (χ0) is 18.5. The number of methoxy groups -OCH3 is 2. The Morgan fingerprint density at radius 1 is 1.12 bits per heavy atom. The lowest BCUT2D eigenvalue weighted by molar-refractivity contribution is 0.0950. The van der Waals surface area contributed by atoms with Crippen LogP contribution in [0.25, 0.3) is 0 Å². The molecule has 2 aromatic rings. The van der Waals surface area contributed by atoms with Crippen molar-refractivity contribution in [2.24, 2.45) is 0 Å².